The summed E-state index contributed by atoms with van der Waals surface area (Å²) < 4.78 is 0. The Morgan fingerprint density at radius 1 is 1.00 bits per heavy atom. The van der Waals surface area contributed by atoms with Crippen LogP contribution in [0, 0.1) is 18.8 Å². The summed E-state index contributed by atoms with van der Waals surface area (Å²) in [6, 6.07) is 18.4. The van der Waals surface area contributed by atoms with Gasteiger partial charge in [0.1, 0.15) is 0 Å². The smallest absolute Gasteiger partial charge is 0.253 e. The highest BCUT2D eigenvalue weighted by Gasteiger charge is 2.41. The fourth-order valence-corrected chi connectivity index (χ4v) is 4.51. The Balaban J connectivity index is 1.27. The molecule has 4 heteroatoms. The van der Waals surface area contributed by atoms with Crippen molar-refractivity contribution in [1.82, 2.24) is 9.80 Å². The maximum atomic E-state index is 12.7. The van der Waals surface area contributed by atoms with Crippen molar-refractivity contribution in [2.24, 2.45) is 17.6 Å². The molecule has 1 amide bonds. The van der Waals surface area contributed by atoms with Crippen LogP contribution in [-0.2, 0) is 0 Å². The van der Waals surface area contributed by atoms with E-state index in [4.69, 9.17) is 5.73 Å². The van der Waals surface area contributed by atoms with Gasteiger partial charge in [0.15, 0.2) is 0 Å². The fourth-order valence-electron chi connectivity index (χ4n) is 4.51. The summed E-state index contributed by atoms with van der Waals surface area (Å²) in [7, 11) is 0. The molecular weight excluding hydrogens is 334 g/mol. The standard InChI is InChI=1S/C23H29N3O/c1-17-7-9-19(10-8-17)23(27)26-15-20-13-25(14-21(20)16-26)12-11-22(24)18-5-3-2-4-6-18/h2-10,20-22H,11-16,24H2,1H3/t20?,21?,22-/m0/s1. The minimum absolute atomic E-state index is 0.103. The van der Waals surface area contributed by atoms with Crippen LogP contribution in [0.1, 0.15) is 33.9 Å². The Bertz CT molecular complexity index is 760. The average molecular weight is 364 g/mol. The topological polar surface area (TPSA) is 49.6 Å². The van der Waals surface area contributed by atoms with E-state index in [0.717, 1.165) is 44.7 Å². The molecule has 27 heavy (non-hydrogen) atoms. The number of carbonyl (C=O) groups is 1. The molecule has 4 rings (SSSR count). The number of benzene rings is 2. The van der Waals surface area contributed by atoms with E-state index in [9.17, 15) is 4.79 Å². The number of amides is 1. The van der Waals surface area contributed by atoms with Gasteiger partial charge in [-0.25, -0.2) is 0 Å². The molecule has 2 aromatic rings. The molecule has 0 aromatic heterocycles. The van der Waals surface area contributed by atoms with E-state index in [-0.39, 0.29) is 11.9 Å². The molecule has 2 saturated heterocycles. The highest BCUT2D eigenvalue weighted by molar-refractivity contribution is 5.94. The van der Waals surface area contributed by atoms with Crippen molar-refractivity contribution >= 4 is 5.91 Å². The fraction of sp³-hybridized carbons (Fsp3) is 0.435. The van der Waals surface area contributed by atoms with Gasteiger partial charge in [-0.15, -0.1) is 0 Å². The third-order valence-electron chi connectivity index (χ3n) is 6.13. The van der Waals surface area contributed by atoms with Gasteiger partial charge in [0.05, 0.1) is 0 Å². The van der Waals surface area contributed by atoms with Crippen molar-refractivity contribution in [2.75, 3.05) is 32.7 Å². The molecule has 2 aliphatic rings. The predicted molar refractivity (Wildman–Crippen MR) is 108 cm³/mol. The summed E-state index contributed by atoms with van der Waals surface area (Å²) in [5.41, 5.74) is 9.56. The van der Waals surface area contributed by atoms with Crippen LogP contribution < -0.4 is 5.73 Å². The number of carbonyl (C=O) groups excluding carboxylic acids is 1. The van der Waals surface area contributed by atoms with Crippen LogP contribution in [0.15, 0.2) is 54.6 Å². The van der Waals surface area contributed by atoms with Gasteiger partial charge in [-0.2, -0.15) is 0 Å². The number of aryl methyl sites for hydroxylation is 1. The van der Waals surface area contributed by atoms with Crippen LogP contribution in [-0.4, -0.2) is 48.4 Å². The van der Waals surface area contributed by atoms with E-state index in [1.54, 1.807) is 0 Å². The van der Waals surface area contributed by atoms with Crippen molar-refractivity contribution in [3.63, 3.8) is 0 Å². The number of nitrogens with zero attached hydrogens (tertiary/aromatic N) is 2. The number of rotatable bonds is 5. The molecule has 2 fully saturated rings. The van der Waals surface area contributed by atoms with Gasteiger partial charge < -0.3 is 15.5 Å². The Hall–Kier alpha value is -2.17. The van der Waals surface area contributed by atoms with E-state index in [0.29, 0.717) is 11.8 Å². The van der Waals surface area contributed by atoms with E-state index in [1.807, 2.05) is 42.2 Å². The lowest BCUT2D eigenvalue weighted by molar-refractivity contribution is 0.0774. The molecule has 0 bridgehead atoms. The van der Waals surface area contributed by atoms with Crippen LogP contribution in [0.4, 0.5) is 0 Å². The summed E-state index contributed by atoms with van der Waals surface area (Å²) in [4.78, 5) is 17.3. The molecule has 4 nitrogen and oxygen atoms in total. The average Bonchev–Trinajstić information content (AvgIpc) is 3.25. The monoisotopic (exact) mass is 363 g/mol. The first-order valence-electron chi connectivity index (χ1n) is 9.99. The Morgan fingerprint density at radius 3 is 2.26 bits per heavy atom. The number of hydrogen-bond donors (Lipinski definition) is 1. The first-order valence-corrected chi connectivity index (χ1v) is 9.99. The molecule has 2 aliphatic heterocycles. The minimum atomic E-state index is 0.103. The lowest BCUT2D eigenvalue weighted by atomic mass is 10.0. The van der Waals surface area contributed by atoms with Gasteiger partial charge in [0.25, 0.3) is 5.91 Å². The highest BCUT2D eigenvalue weighted by Crippen LogP contribution is 2.32. The highest BCUT2D eigenvalue weighted by atomic mass is 16.2. The molecule has 2 N–H and O–H groups in total. The summed E-state index contributed by atoms with van der Waals surface area (Å²) in [6.07, 6.45) is 0.982. The number of nitrogens with two attached hydrogens (primary N) is 1. The number of likely N-dealkylation sites (tertiary alicyclic amines) is 2. The molecule has 0 saturated carbocycles. The van der Waals surface area contributed by atoms with Gasteiger partial charge >= 0.3 is 0 Å². The minimum Gasteiger partial charge on any atom is -0.338 e. The summed E-state index contributed by atoms with van der Waals surface area (Å²) in [5.74, 6) is 1.39. The van der Waals surface area contributed by atoms with Gasteiger partial charge in [-0.3, -0.25) is 4.79 Å². The molecule has 0 spiro atoms. The maximum absolute atomic E-state index is 12.7. The molecule has 3 atom stereocenters. The van der Waals surface area contributed by atoms with E-state index in [2.05, 4.69) is 29.2 Å². The molecule has 0 radical (unpaired) electrons. The first kappa shape index (κ1) is 18.2. The third-order valence-corrected chi connectivity index (χ3v) is 6.13. The van der Waals surface area contributed by atoms with Gasteiger partial charge in [0.2, 0.25) is 0 Å². The zero-order valence-electron chi connectivity index (χ0n) is 16.1. The summed E-state index contributed by atoms with van der Waals surface area (Å²) in [5, 5.41) is 0. The van der Waals surface area contributed by atoms with Crippen molar-refractivity contribution in [3.05, 3.63) is 71.3 Å². The van der Waals surface area contributed by atoms with E-state index < -0.39 is 0 Å². The second-order valence-corrected chi connectivity index (χ2v) is 8.16. The lowest BCUT2D eigenvalue weighted by Crippen LogP contribution is -2.34. The summed E-state index contributed by atoms with van der Waals surface area (Å²) >= 11 is 0. The van der Waals surface area contributed by atoms with Crippen molar-refractivity contribution in [2.45, 2.75) is 19.4 Å². The zero-order valence-corrected chi connectivity index (χ0v) is 16.1. The lowest BCUT2D eigenvalue weighted by Gasteiger charge is -2.23. The molecule has 2 aromatic carbocycles. The largest absolute Gasteiger partial charge is 0.338 e. The second-order valence-electron chi connectivity index (χ2n) is 8.16. The SMILES string of the molecule is Cc1ccc(C(=O)N2CC3CN(CC[C@H](N)c4ccccc4)CC3C2)cc1. The van der Waals surface area contributed by atoms with Crippen molar-refractivity contribution in [1.29, 1.82) is 0 Å². The van der Waals surface area contributed by atoms with Crippen molar-refractivity contribution in [3.8, 4) is 0 Å². The zero-order chi connectivity index (χ0) is 18.8. The molecule has 2 unspecified atom stereocenters. The van der Waals surface area contributed by atoms with Crippen LogP contribution >= 0.6 is 0 Å². The molecule has 2 heterocycles. The number of hydrogen-bond acceptors (Lipinski definition) is 3. The van der Waals surface area contributed by atoms with Crippen molar-refractivity contribution < 1.29 is 4.79 Å². The quantitative estimate of drug-likeness (QED) is 0.888. The van der Waals surface area contributed by atoms with Crippen LogP contribution in [0.5, 0.6) is 0 Å². The summed E-state index contributed by atoms with van der Waals surface area (Å²) in [6.45, 7) is 7.03. The normalized spacial score (nSPS) is 23.4. The Kier molecular flexibility index (Phi) is 5.28. The molecular formula is C23H29N3O. The molecule has 0 aliphatic carbocycles. The second kappa shape index (κ2) is 7.83. The third kappa shape index (κ3) is 4.07. The number of fused-ring (bicyclic) bond motifs is 1. The van der Waals surface area contributed by atoms with Crippen LogP contribution in [0.3, 0.4) is 0 Å². The molecule has 142 valence electrons. The maximum Gasteiger partial charge on any atom is 0.253 e. The van der Waals surface area contributed by atoms with Gasteiger partial charge in [-0.1, -0.05) is 48.0 Å². The van der Waals surface area contributed by atoms with Crippen LogP contribution in [0.25, 0.3) is 0 Å². The Labute approximate surface area is 162 Å². The predicted octanol–water partition coefficient (Wildman–Crippen LogP) is 3.09. The Morgan fingerprint density at radius 2 is 1.63 bits per heavy atom. The first-order chi connectivity index (χ1) is 13.1. The van der Waals surface area contributed by atoms with E-state index in [1.165, 1.54) is 11.1 Å². The van der Waals surface area contributed by atoms with Gasteiger partial charge in [0, 0.05) is 37.8 Å². The van der Waals surface area contributed by atoms with E-state index >= 15 is 0 Å². The van der Waals surface area contributed by atoms with Crippen LogP contribution in [0.2, 0.25) is 0 Å². The van der Waals surface area contributed by atoms with Gasteiger partial charge in [-0.05, 0) is 49.4 Å².